The second-order valence-electron chi connectivity index (χ2n) is 4.40. The van der Waals surface area contributed by atoms with Crippen LogP contribution in [0.4, 0.5) is 11.5 Å². The molecule has 3 aromatic rings. The molecule has 20 heavy (non-hydrogen) atoms. The van der Waals surface area contributed by atoms with Crippen molar-refractivity contribution in [3.63, 3.8) is 0 Å². The standard InChI is InChI=1S/C15H14N4S/c16-10-4-3-5-11(8-10)20-9-14-18-13-7-2-1-6-12(13)15(17)19-14/h1-8H,9,16H2,(H2,17,18,19). The molecule has 1 aromatic heterocycles. The number of para-hydroxylation sites is 1. The van der Waals surface area contributed by atoms with Gasteiger partial charge in [-0.2, -0.15) is 0 Å². The van der Waals surface area contributed by atoms with Crippen molar-refractivity contribution in [2.75, 3.05) is 11.5 Å². The number of aromatic nitrogens is 2. The van der Waals surface area contributed by atoms with Crippen molar-refractivity contribution >= 4 is 34.2 Å². The predicted molar refractivity (Wildman–Crippen MR) is 84.4 cm³/mol. The molecule has 4 N–H and O–H groups in total. The Labute approximate surface area is 121 Å². The number of hydrogen-bond donors (Lipinski definition) is 2. The van der Waals surface area contributed by atoms with Gasteiger partial charge < -0.3 is 11.5 Å². The van der Waals surface area contributed by atoms with E-state index in [1.807, 2.05) is 48.5 Å². The van der Waals surface area contributed by atoms with Crippen molar-refractivity contribution in [2.45, 2.75) is 10.6 Å². The summed E-state index contributed by atoms with van der Waals surface area (Å²) in [4.78, 5) is 9.98. The van der Waals surface area contributed by atoms with Crippen molar-refractivity contribution in [3.8, 4) is 0 Å². The monoisotopic (exact) mass is 282 g/mol. The van der Waals surface area contributed by atoms with E-state index in [9.17, 15) is 0 Å². The average molecular weight is 282 g/mol. The molecule has 0 bridgehead atoms. The van der Waals surface area contributed by atoms with Gasteiger partial charge in [0, 0.05) is 16.0 Å². The first kappa shape index (κ1) is 12.7. The summed E-state index contributed by atoms with van der Waals surface area (Å²) in [5.41, 5.74) is 13.4. The summed E-state index contributed by atoms with van der Waals surface area (Å²) in [5.74, 6) is 1.92. The van der Waals surface area contributed by atoms with E-state index in [0.29, 0.717) is 11.6 Å². The van der Waals surface area contributed by atoms with Crippen LogP contribution in [0.3, 0.4) is 0 Å². The van der Waals surface area contributed by atoms with Crippen LogP contribution >= 0.6 is 11.8 Å². The second-order valence-corrected chi connectivity index (χ2v) is 5.45. The topological polar surface area (TPSA) is 77.8 Å². The van der Waals surface area contributed by atoms with Crippen LogP contribution in [0.2, 0.25) is 0 Å². The smallest absolute Gasteiger partial charge is 0.141 e. The molecule has 0 atom stereocenters. The van der Waals surface area contributed by atoms with Gasteiger partial charge in [0.05, 0.1) is 11.3 Å². The molecule has 0 fully saturated rings. The van der Waals surface area contributed by atoms with Crippen molar-refractivity contribution < 1.29 is 0 Å². The Kier molecular flexibility index (Phi) is 3.43. The minimum atomic E-state index is 0.527. The third kappa shape index (κ3) is 2.67. The Morgan fingerprint density at radius 3 is 2.65 bits per heavy atom. The van der Waals surface area contributed by atoms with Gasteiger partial charge in [0.1, 0.15) is 11.6 Å². The van der Waals surface area contributed by atoms with Crippen molar-refractivity contribution in [2.24, 2.45) is 0 Å². The zero-order valence-electron chi connectivity index (χ0n) is 10.8. The summed E-state index contributed by atoms with van der Waals surface area (Å²) in [5, 5.41) is 0.894. The molecule has 0 saturated heterocycles. The summed E-state index contributed by atoms with van der Waals surface area (Å²) in [6, 6.07) is 15.5. The minimum absolute atomic E-state index is 0.527. The van der Waals surface area contributed by atoms with Crippen LogP contribution in [0.25, 0.3) is 10.9 Å². The first-order valence-corrected chi connectivity index (χ1v) is 7.20. The van der Waals surface area contributed by atoms with Crippen LogP contribution in [-0.4, -0.2) is 9.97 Å². The van der Waals surface area contributed by atoms with Gasteiger partial charge >= 0.3 is 0 Å². The number of thioether (sulfide) groups is 1. The van der Waals surface area contributed by atoms with Crippen LogP contribution in [0.5, 0.6) is 0 Å². The Morgan fingerprint density at radius 2 is 1.80 bits per heavy atom. The molecule has 4 nitrogen and oxygen atoms in total. The molecule has 0 radical (unpaired) electrons. The second kappa shape index (κ2) is 5.38. The molecular formula is C15H14N4S. The molecular weight excluding hydrogens is 268 g/mol. The van der Waals surface area contributed by atoms with Crippen LogP contribution in [0.1, 0.15) is 5.82 Å². The van der Waals surface area contributed by atoms with Crippen molar-refractivity contribution in [3.05, 3.63) is 54.4 Å². The molecule has 0 saturated carbocycles. The largest absolute Gasteiger partial charge is 0.399 e. The third-order valence-electron chi connectivity index (χ3n) is 2.91. The fourth-order valence-corrected chi connectivity index (χ4v) is 2.79. The molecule has 0 amide bonds. The van der Waals surface area contributed by atoms with E-state index in [-0.39, 0.29) is 0 Å². The van der Waals surface area contributed by atoms with E-state index >= 15 is 0 Å². The minimum Gasteiger partial charge on any atom is -0.399 e. The average Bonchev–Trinajstić information content (AvgIpc) is 2.45. The highest BCUT2D eigenvalue weighted by atomic mass is 32.2. The third-order valence-corrected chi connectivity index (χ3v) is 3.89. The molecule has 0 aliphatic heterocycles. The molecule has 5 heteroatoms. The van der Waals surface area contributed by atoms with Gasteiger partial charge in [0.25, 0.3) is 0 Å². The van der Waals surface area contributed by atoms with Crippen molar-refractivity contribution in [1.29, 1.82) is 0 Å². The van der Waals surface area contributed by atoms with E-state index in [0.717, 1.165) is 27.3 Å². The molecule has 100 valence electrons. The van der Waals surface area contributed by atoms with Gasteiger partial charge in [0.15, 0.2) is 0 Å². The lowest BCUT2D eigenvalue weighted by molar-refractivity contribution is 1.08. The normalized spacial score (nSPS) is 10.8. The zero-order valence-corrected chi connectivity index (χ0v) is 11.6. The molecule has 3 rings (SSSR count). The number of hydrogen-bond acceptors (Lipinski definition) is 5. The van der Waals surface area contributed by atoms with Crippen LogP contribution in [-0.2, 0) is 5.75 Å². The Balaban J connectivity index is 1.84. The summed E-state index contributed by atoms with van der Waals surface area (Å²) in [6.07, 6.45) is 0. The van der Waals surface area contributed by atoms with Gasteiger partial charge in [0.2, 0.25) is 0 Å². The zero-order chi connectivity index (χ0) is 13.9. The maximum absolute atomic E-state index is 5.97. The van der Waals surface area contributed by atoms with Gasteiger partial charge in [-0.15, -0.1) is 11.8 Å². The summed E-state index contributed by atoms with van der Waals surface area (Å²) in [7, 11) is 0. The number of nitrogens with zero attached hydrogens (tertiary/aromatic N) is 2. The number of benzene rings is 2. The molecule has 2 aromatic carbocycles. The highest BCUT2D eigenvalue weighted by Crippen LogP contribution is 2.25. The number of anilines is 2. The van der Waals surface area contributed by atoms with Crippen molar-refractivity contribution in [1.82, 2.24) is 9.97 Å². The van der Waals surface area contributed by atoms with E-state index in [1.54, 1.807) is 11.8 Å². The predicted octanol–water partition coefficient (Wildman–Crippen LogP) is 3.09. The van der Waals surface area contributed by atoms with Gasteiger partial charge in [-0.1, -0.05) is 18.2 Å². The summed E-state index contributed by atoms with van der Waals surface area (Å²) < 4.78 is 0. The first-order chi connectivity index (χ1) is 9.72. The van der Waals surface area contributed by atoms with E-state index in [1.165, 1.54) is 0 Å². The quantitative estimate of drug-likeness (QED) is 0.570. The van der Waals surface area contributed by atoms with Gasteiger partial charge in [-0.05, 0) is 30.3 Å². The molecule has 0 unspecified atom stereocenters. The Morgan fingerprint density at radius 1 is 0.950 bits per heavy atom. The lowest BCUT2D eigenvalue weighted by Crippen LogP contribution is -1.99. The van der Waals surface area contributed by atoms with E-state index in [4.69, 9.17) is 11.5 Å². The van der Waals surface area contributed by atoms with Crippen LogP contribution in [0, 0.1) is 0 Å². The number of fused-ring (bicyclic) bond motifs is 1. The highest BCUT2D eigenvalue weighted by molar-refractivity contribution is 7.98. The molecule has 0 spiro atoms. The molecule has 1 heterocycles. The fraction of sp³-hybridized carbons (Fsp3) is 0.0667. The number of nitrogen functional groups attached to an aromatic ring is 2. The molecule has 0 aliphatic rings. The van der Waals surface area contributed by atoms with E-state index < -0.39 is 0 Å². The van der Waals surface area contributed by atoms with Crippen LogP contribution < -0.4 is 11.5 Å². The summed E-state index contributed by atoms with van der Waals surface area (Å²) in [6.45, 7) is 0. The lowest BCUT2D eigenvalue weighted by Gasteiger charge is -2.05. The molecule has 0 aliphatic carbocycles. The van der Waals surface area contributed by atoms with E-state index in [2.05, 4.69) is 9.97 Å². The number of nitrogens with two attached hydrogens (primary N) is 2. The highest BCUT2D eigenvalue weighted by Gasteiger charge is 2.05. The summed E-state index contributed by atoms with van der Waals surface area (Å²) >= 11 is 1.64. The fourth-order valence-electron chi connectivity index (χ4n) is 1.97. The lowest BCUT2D eigenvalue weighted by atomic mass is 10.2. The van der Waals surface area contributed by atoms with Gasteiger partial charge in [-0.3, -0.25) is 0 Å². The maximum atomic E-state index is 5.97. The Bertz CT molecular complexity index is 758. The van der Waals surface area contributed by atoms with Gasteiger partial charge in [-0.25, -0.2) is 9.97 Å². The maximum Gasteiger partial charge on any atom is 0.141 e. The van der Waals surface area contributed by atoms with Crippen LogP contribution in [0.15, 0.2) is 53.4 Å². The Hall–Kier alpha value is -2.27. The SMILES string of the molecule is Nc1cccc(SCc2nc(N)c3ccccc3n2)c1. The first-order valence-electron chi connectivity index (χ1n) is 6.22. The number of rotatable bonds is 3.